The second kappa shape index (κ2) is 7.53. The van der Waals surface area contributed by atoms with E-state index in [1.165, 1.54) is 11.3 Å². The molecule has 1 aliphatic rings. The van der Waals surface area contributed by atoms with E-state index in [4.69, 9.17) is 4.74 Å². The monoisotopic (exact) mass is 401 g/mol. The number of rotatable bonds is 4. The average molecular weight is 401 g/mol. The summed E-state index contributed by atoms with van der Waals surface area (Å²) in [6.45, 7) is 10.4. The van der Waals surface area contributed by atoms with E-state index in [1.807, 2.05) is 25.3 Å². The predicted octanol–water partition coefficient (Wildman–Crippen LogP) is 2.06. The van der Waals surface area contributed by atoms with Gasteiger partial charge in [-0.25, -0.2) is 14.5 Å². The van der Waals surface area contributed by atoms with Gasteiger partial charge in [0.25, 0.3) is 11.7 Å². The van der Waals surface area contributed by atoms with E-state index in [9.17, 15) is 4.79 Å². The van der Waals surface area contributed by atoms with Crippen LogP contribution in [-0.4, -0.2) is 60.7 Å². The van der Waals surface area contributed by atoms with Gasteiger partial charge < -0.3 is 4.74 Å². The first-order chi connectivity index (χ1) is 13.4. The number of aryl methyl sites for hydroxylation is 2. The molecule has 0 aromatic carbocycles. The average Bonchev–Trinajstić information content (AvgIpc) is 3.21. The van der Waals surface area contributed by atoms with Gasteiger partial charge in [0, 0.05) is 36.4 Å². The Balaban J connectivity index is 1.43. The van der Waals surface area contributed by atoms with Crippen molar-refractivity contribution in [3.63, 3.8) is 0 Å². The van der Waals surface area contributed by atoms with Gasteiger partial charge in [-0.3, -0.25) is 15.0 Å². The molecular formula is C18H23N7O2S. The van der Waals surface area contributed by atoms with Crippen molar-refractivity contribution in [3.8, 4) is 0 Å². The molecule has 2 unspecified atom stereocenters. The highest BCUT2D eigenvalue weighted by molar-refractivity contribution is 7.13. The summed E-state index contributed by atoms with van der Waals surface area (Å²) in [5.41, 5.74) is 2.64. The van der Waals surface area contributed by atoms with Crippen molar-refractivity contribution in [2.45, 2.75) is 46.4 Å². The second-order valence-electron chi connectivity index (χ2n) is 7.24. The number of fused-ring (bicyclic) bond motifs is 1. The molecule has 0 spiro atoms. The lowest BCUT2D eigenvalue weighted by atomic mass is 10.2. The first-order valence-electron chi connectivity index (χ1n) is 9.22. The Morgan fingerprint density at radius 2 is 2.00 bits per heavy atom. The number of aromatic nitrogens is 5. The Morgan fingerprint density at radius 3 is 2.75 bits per heavy atom. The summed E-state index contributed by atoms with van der Waals surface area (Å²) in [5, 5.41) is 9.54. The van der Waals surface area contributed by atoms with Gasteiger partial charge >= 0.3 is 0 Å². The summed E-state index contributed by atoms with van der Waals surface area (Å²) in [4.78, 5) is 27.9. The number of ether oxygens (including phenoxy) is 1. The number of amides is 1. The first-order valence-corrected chi connectivity index (χ1v) is 10.1. The second-order valence-corrected chi connectivity index (χ2v) is 8.09. The zero-order chi connectivity index (χ0) is 19.8. The molecule has 1 N–H and O–H groups in total. The Bertz CT molecular complexity index is 1000. The van der Waals surface area contributed by atoms with Crippen LogP contribution in [-0.2, 0) is 11.3 Å². The molecule has 0 saturated carbocycles. The lowest BCUT2D eigenvalue weighted by molar-refractivity contribution is -0.0707. The largest absolute Gasteiger partial charge is 0.373 e. The van der Waals surface area contributed by atoms with Crippen molar-refractivity contribution in [1.82, 2.24) is 29.5 Å². The van der Waals surface area contributed by atoms with E-state index in [0.29, 0.717) is 10.9 Å². The Morgan fingerprint density at radius 1 is 1.25 bits per heavy atom. The standard InChI is InChI=1S/C18H23N7O2S/c1-10-5-11(2)25-17(19-10)21-15(23-25)16(26)22-18-20-14(9-28-18)8-24-6-12(3)27-13(4)7-24/h5,9,12-13H,6-8H2,1-4H3,(H,20,22,26). The molecule has 1 amide bonds. The molecule has 1 fully saturated rings. The minimum absolute atomic E-state index is 0.0776. The fourth-order valence-corrected chi connectivity index (χ4v) is 4.19. The normalized spacial score (nSPS) is 20.6. The van der Waals surface area contributed by atoms with Gasteiger partial charge in [0.15, 0.2) is 5.13 Å². The van der Waals surface area contributed by atoms with Crippen molar-refractivity contribution < 1.29 is 9.53 Å². The van der Waals surface area contributed by atoms with E-state index < -0.39 is 5.91 Å². The molecule has 9 nitrogen and oxygen atoms in total. The number of hydrogen-bond acceptors (Lipinski definition) is 8. The number of anilines is 1. The maximum atomic E-state index is 12.5. The SMILES string of the molecule is Cc1cc(C)n2nc(C(=O)Nc3nc(CN4CC(C)OC(C)C4)cs3)nc2n1. The molecule has 0 aliphatic carbocycles. The van der Waals surface area contributed by atoms with Crippen molar-refractivity contribution in [3.05, 3.63) is 34.4 Å². The molecule has 3 aromatic heterocycles. The number of thiazole rings is 1. The van der Waals surface area contributed by atoms with Crippen LogP contribution in [0.4, 0.5) is 5.13 Å². The topological polar surface area (TPSA) is 97.5 Å². The zero-order valence-electron chi connectivity index (χ0n) is 16.3. The molecule has 148 valence electrons. The smallest absolute Gasteiger partial charge is 0.297 e. The van der Waals surface area contributed by atoms with Gasteiger partial charge in [-0.05, 0) is 33.8 Å². The van der Waals surface area contributed by atoms with E-state index >= 15 is 0 Å². The third-order valence-corrected chi connectivity index (χ3v) is 5.28. The first kappa shape index (κ1) is 18.9. The van der Waals surface area contributed by atoms with Crippen LogP contribution >= 0.6 is 11.3 Å². The summed E-state index contributed by atoms with van der Waals surface area (Å²) in [6, 6.07) is 1.89. The van der Waals surface area contributed by atoms with Crippen LogP contribution in [0.25, 0.3) is 5.78 Å². The van der Waals surface area contributed by atoms with Crippen molar-refractivity contribution in [2.24, 2.45) is 0 Å². The van der Waals surface area contributed by atoms with Gasteiger partial charge in [0.2, 0.25) is 5.82 Å². The van der Waals surface area contributed by atoms with E-state index in [0.717, 1.165) is 36.7 Å². The van der Waals surface area contributed by atoms with Crippen molar-refractivity contribution in [2.75, 3.05) is 18.4 Å². The Hall–Kier alpha value is -2.43. The van der Waals surface area contributed by atoms with Crippen LogP contribution in [0.15, 0.2) is 11.4 Å². The minimum Gasteiger partial charge on any atom is -0.373 e. The molecule has 10 heteroatoms. The van der Waals surface area contributed by atoms with Gasteiger partial charge in [-0.1, -0.05) is 0 Å². The summed E-state index contributed by atoms with van der Waals surface area (Å²) < 4.78 is 7.33. The number of nitrogens with one attached hydrogen (secondary N) is 1. The summed E-state index contributed by atoms with van der Waals surface area (Å²) in [7, 11) is 0. The van der Waals surface area contributed by atoms with E-state index in [2.05, 4.69) is 44.1 Å². The molecular weight excluding hydrogens is 378 g/mol. The highest BCUT2D eigenvalue weighted by Crippen LogP contribution is 2.19. The molecule has 1 saturated heterocycles. The van der Waals surface area contributed by atoms with Crippen molar-refractivity contribution in [1.29, 1.82) is 0 Å². The van der Waals surface area contributed by atoms with Crippen LogP contribution in [0.2, 0.25) is 0 Å². The molecule has 28 heavy (non-hydrogen) atoms. The molecule has 4 heterocycles. The van der Waals surface area contributed by atoms with Gasteiger partial charge in [0.1, 0.15) is 0 Å². The minimum atomic E-state index is -0.392. The Kier molecular flexibility index (Phi) is 5.09. The fourth-order valence-electron chi connectivity index (χ4n) is 3.50. The van der Waals surface area contributed by atoms with Crippen LogP contribution in [0.1, 0.15) is 41.5 Å². The number of carbonyl (C=O) groups excluding carboxylic acids is 1. The van der Waals surface area contributed by atoms with Gasteiger partial charge in [-0.15, -0.1) is 16.4 Å². The van der Waals surface area contributed by atoms with Crippen LogP contribution in [0.3, 0.4) is 0 Å². The lowest BCUT2D eigenvalue weighted by Gasteiger charge is -2.34. The maximum Gasteiger partial charge on any atom is 0.297 e. The lowest BCUT2D eigenvalue weighted by Crippen LogP contribution is -2.44. The Labute approximate surface area is 166 Å². The molecule has 0 bridgehead atoms. The molecule has 2 atom stereocenters. The van der Waals surface area contributed by atoms with Gasteiger partial charge in [0.05, 0.1) is 17.9 Å². The quantitative estimate of drug-likeness (QED) is 0.714. The number of nitrogens with zero attached hydrogens (tertiary/aromatic N) is 6. The van der Waals surface area contributed by atoms with Crippen molar-refractivity contribution >= 4 is 28.2 Å². The summed E-state index contributed by atoms with van der Waals surface area (Å²) in [5.74, 6) is 0.101. The highest BCUT2D eigenvalue weighted by atomic mass is 32.1. The molecule has 3 aromatic rings. The van der Waals surface area contributed by atoms with Crippen LogP contribution in [0, 0.1) is 13.8 Å². The maximum absolute atomic E-state index is 12.5. The molecule has 1 aliphatic heterocycles. The summed E-state index contributed by atoms with van der Waals surface area (Å²) >= 11 is 1.40. The molecule has 0 radical (unpaired) electrons. The highest BCUT2D eigenvalue weighted by Gasteiger charge is 2.23. The number of morpholine rings is 1. The number of carbonyl (C=O) groups is 1. The fraction of sp³-hybridized carbons (Fsp3) is 0.500. The van der Waals surface area contributed by atoms with Crippen LogP contribution in [0.5, 0.6) is 0 Å². The third kappa shape index (κ3) is 4.03. The third-order valence-electron chi connectivity index (χ3n) is 4.47. The van der Waals surface area contributed by atoms with Gasteiger partial charge in [-0.2, -0.15) is 4.98 Å². The number of hydrogen-bond donors (Lipinski definition) is 1. The predicted molar refractivity (Wildman–Crippen MR) is 106 cm³/mol. The van der Waals surface area contributed by atoms with Crippen LogP contribution < -0.4 is 5.32 Å². The molecule has 4 rings (SSSR count). The van der Waals surface area contributed by atoms with E-state index in [-0.39, 0.29) is 18.0 Å². The summed E-state index contributed by atoms with van der Waals surface area (Å²) in [6.07, 6.45) is 0.423. The zero-order valence-corrected chi connectivity index (χ0v) is 17.2. The van der Waals surface area contributed by atoms with E-state index in [1.54, 1.807) is 4.52 Å².